The van der Waals surface area contributed by atoms with Crippen LogP contribution in [0.1, 0.15) is 26.8 Å². The molecule has 26 heteroatoms. The molecule has 420 valence electrons. The Kier molecular flexibility index (Phi) is 32.3. The Morgan fingerprint density at radius 1 is 0.653 bits per heavy atom. The third-order valence-electron chi connectivity index (χ3n) is 10.8. The van der Waals surface area contributed by atoms with Crippen LogP contribution in [0.15, 0.2) is 36.7 Å². The highest BCUT2D eigenvalue weighted by Gasteiger charge is 2.20. The van der Waals surface area contributed by atoms with Crippen LogP contribution in [0.5, 0.6) is 0 Å². The van der Waals surface area contributed by atoms with Crippen LogP contribution in [0.2, 0.25) is 5.02 Å². The van der Waals surface area contributed by atoms with Crippen molar-refractivity contribution in [3.8, 4) is 0 Å². The topological polar surface area (TPSA) is 254 Å². The molecule has 0 bridgehead atoms. The summed E-state index contributed by atoms with van der Waals surface area (Å²) in [7, 11) is 0. The van der Waals surface area contributed by atoms with Crippen molar-refractivity contribution in [3.63, 3.8) is 0 Å². The largest absolute Gasteiger partial charge is 0.378 e. The molecule has 0 radical (unpaired) electrons. The van der Waals surface area contributed by atoms with Crippen molar-refractivity contribution in [2.45, 2.75) is 27.0 Å². The van der Waals surface area contributed by atoms with Gasteiger partial charge in [-0.05, 0) is 25.5 Å². The van der Waals surface area contributed by atoms with E-state index in [0.29, 0.717) is 204 Å². The van der Waals surface area contributed by atoms with Gasteiger partial charge in [0.15, 0.2) is 5.13 Å². The minimum Gasteiger partial charge on any atom is -0.378 e. The van der Waals surface area contributed by atoms with Crippen LogP contribution < -0.4 is 21.3 Å². The average Bonchev–Trinajstić information content (AvgIpc) is 4.08. The number of amides is 1. The van der Waals surface area contributed by atoms with Crippen LogP contribution >= 0.6 is 22.9 Å². The number of halogens is 1. The van der Waals surface area contributed by atoms with Gasteiger partial charge in [0.2, 0.25) is 0 Å². The van der Waals surface area contributed by atoms with E-state index < -0.39 is 0 Å². The van der Waals surface area contributed by atoms with Gasteiger partial charge in [-0.3, -0.25) is 9.69 Å². The Bertz CT molecular complexity index is 2090. The number of anilines is 4. The van der Waals surface area contributed by atoms with Crippen molar-refractivity contribution in [3.05, 3.63) is 63.6 Å². The molecule has 1 amide bonds. The summed E-state index contributed by atoms with van der Waals surface area (Å²) >= 11 is 7.54. The quantitative estimate of drug-likeness (QED) is 0.0537. The summed E-state index contributed by atoms with van der Waals surface area (Å²) in [5.41, 5.74) is 7.58. The maximum atomic E-state index is 12.9. The molecule has 1 saturated heterocycles. The third-order valence-corrected chi connectivity index (χ3v) is 12.0. The maximum Gasteiger partial charge on any atom is 0.267 e. The minimum atomic E-state index is -0.280. The molecule has 0 saturated carbocycles. The molecule has 1 fully saturated rings. The molecule has 1 aliphatic rings. The molecule has 5 rings (SSSR count). The van der Waals surface area contributed by atoms with Gasteiger partial charge in [-0.25, -0.2) is 19.6 Å². The lowest BCUT2D eigenvalue weighted by Crippen LogP contribution is -2.47. The number of rotatable bonds is 45. The van der Waals surface area contributed by atoms with Crippen LogP contribution in [0.4, 0.5) is 22.5 Å². The number of nitrogens with one attached hydrogen (secondary N) is 2. The molecule has 75 heavy (non-hydrogen) atoms. The fourth-order valence-electron chi connectivity index (χ4n) is 6.92. The predicted octanol–water partition coefficient (Wildman–Crippen LogP) is 3.27. The second-order valence-corrected chi connectivity index (χ2v) is 18.0. The summed E-state index contributed by atoms with van der Waals surface area (Å²) in [6.07, 6.45) is 3.42. The van der Waals surface area contributed by atoms with E-state index in [2.05, 4.69) is 40.7 Å². The van der Waals surface area contributed by atoms with Crippen LogP contribution in [0.25, 0.3) is 0 Å². The second kappa shape index (κ2) is 39.3. The normalized spacial score (nSPS) is 13.0. The number of carbonyl (C=O) groups excluding carboxylic acids is 1. The zero-order valence-corrected chi connectivity index (χ0v) is 45.2. The molecular formula is C49H78ClN11O13S. The Hall–Kier alpha value is -4.13. The van der Waals surface area contributed by atoms with E-state index in [4.69, 9.17) is 79.2 Å². The summed E-state index contributed by atoms with van der Waals surface area (Å²) in [4.78, 5) is 31.7. The lowest BCUT2D eigenvalue weighted by atomic mass is 10.2. The summed E-state index contributed by atoms with van der Waals surface area (Å²) in [5, 5.41) is 15.6. The molecule has 4 aromatic rings. The number of nitrogens with zero attached hydrogens (tertiary/aromatic N) is 8. The molecule has 0 spiro atoms. The van der Waals surface area contributed by atoms with Crippen LogP contribution in [-0.4, -0.2) is 232 Å². The van der Waals surface area contributed by atoms with Crippen molar-refractivity contribution >= 4 is 51.3 Å². The Labute approximate surface area is 449 Å². The molecule has 24 nitrogen and oxygen atoms in total. The van der Waals surface area contributed by atoms with Gasteiger partial charge in [0, 0.05) is 45.3 Å². The van der Waals surface area contributed by atoms with E-state index in [0.717, 1.165) is 49.8 Å². The molecule has 0 aliphatic carbocycles. The molecule has 4 N–H and O–H groups in total. The number of hydrogen-bond donors (Lipinski definition) is 3. The number of nitrogens with two attached hydrogens (primary N) is 1. The number of thiazole rings is 1. The predicted molar refractivity (Wildman–Crippen MR) is 283 cm³/mol. The van der Waals surface area contributed by atoms with E-state index in [-0.39, 0.29) is 5.91 Å². The number of para-hydroxylation sites is 1. The summed E-state index contributed by atoms with van der Waals surface area (Å²) < 4.78 is 68.2. The molecule has 4 heterocycles. The van der Waals surface area contributed by atoms with Gasteiger partial charge >= 0.3 is 0 Å². The first-order chi connectivity index (χ1) is 36.9. The Morgan fingerprint density at radius 3 is 1.68 bits per heavy atom. The number of carbonyl (C=O) groups is 1. The third kappa shape index (κ3) is 27.2. The summed E-state index contributed by atoms with van der Waals surface area (Å²) in [6, 6.07) is 7.39. The summed E-state index contributed by atoms with van der Waals surface area (Å²) in [5.74, 6) is 1.80. The van der Waals surface area contributed by atoms with Crippen molar-refractivity contribution < 1.29 is 61.6 Å². The molecule has 1 aromatic carbocycles. The van der Waals surface area contributed by atoms with Crippen LogP contribution in [0.3, 0.4) is 0 Å². The Balaban J connectivity index is 0.751. The number of benzene rings is 1. The van der Waals surface area contributed by atoms with E-state index in [9.17, 15) is 4.79 Å². The van der Waals surface area contributed by atoms with Crippen molar-refractivity contribution in [1.29, 1.82) is 0 Å². The molecule has 0 unspecified atom stereocenters. The lowest BCUT2D eigenvalue weighted by molar-refractivity contribution is -0.0275. The van der Waals surface area contributed by atoms with E-state index in [1.807, 2.05) is 38.2 Å². The first-order valence-electron chi connectivity index (χ1n) is 25.5. The molecular weight excluding hydrogens is 1020 g/mol. The number of aryl methyl sites for hydroxylation is 2. The fraction of sp³-hybridized carbons (Fsp3) is 0.673. The highest BCUT2D eigenvalue weighted by molar-refractivity contribution is 7.17. The zero-order chi connectivity index (χ0) is 52.8. The zero-order valence-electron chi connectivity index (χ0n) is 43.6. The first-order valence-corrected chi connectivity index (χ1v) is 26.7. The van der Waals surface area contributed by atoms with Gasteiger partial charge in [0.25, 0.3) is 5.91 Å². The highest BCUT2D eigenvalue weighted by atomic mass is 35.5. The minimum absolute atomic E-state index is 0.280. The van der Waals surface area contributed by atoms with Crippen LogP contribution in [0, 0.1) is 13.8 Å². The standard InChI is InChI=1S/C49H78ClN11O13S/c1-40-4-3-5-43(50)47(40)56-48(62)44-37-52-49(75-44)55-45-36-46(54-41(2)53-45)60-9-7-59(8-10-60)11-14-74-39-42-38-61(58-57-42)12-15-64-17-19-66-21-23-68-25-27-70-29-31-72-33-35-73-34-32-71-30-28-69-26-24-67-22-20-65-18-16-63-13-6-51/h3-5,36-38H,6-35,39,51H2,1-2H3,(H,56,62)(H,52,53,54,55). The Morgan fingerprint density at radius 2 is 1.16 bits per heavy atom. The van der Waals surface area contributed by atoms with E-state index >= 15 is 0 Å². The highest BCUT2D eigenvalue weighted by Crippen LogP contribution is 2.28. The lowest BCUT2D eigenvalue weighted by Gasteiger charge is -2.35. The van der Waals surface area contributed by atoms with Gasteiger partial charge < -0.3 is 78.1 Å². The monoisotopic (exact) mass is 1100 g/mol. The van der Waals surface area contributed by atoms with Gasteiger partial charge in [-0.15, -0.1) is 5.10 Å². The number of hydrogen-bond acceptors (Lipinski definition) is 23. The van der Waals surface area contributed by atoms with Gasteiger partial charge in [-0.2, -0.15) is 0 Å². The number of aromatic nitrogens is 6. The van der Waals surface area contributed by atoms with Crippen molar-refractivity contribution in [1.82, 2.24) is 34.8 Å². The maximum absolute atomic E-state index is 12.9. The van der Waals surface area contributed by atoms with Crippen molar-refractivity contribution in [2.24, 2.45) is 5.73 Å². The van der Waals surface area contributed by atoms with Gasteiger partial charge in [0.1, 0.15) is 28.0 Å². The molecule has 1 aliphatic heterocycles. The number of piperazine rings is 1. The smallest absolute Gasteiger partial charge is 0.267 e. The van der Waals surface area contributed by atoms with Gasteiger partial charge in [-0.1, -0.05) is 40.3 Å². The second-order valence-electron chi connectivity index (χ2n) is 16.6. The molecule has 3 aromatic heterocycles. The average molecular weight is 1100 g/mol. The van der Waals surface area contributed by atoms with E-state index in [1.54, 1.807) is 10.7 Å². The fourth-order valence-corrected chi connectivity index (χ4v) is 7.90. The summed E-state index contributed by atoms with van der Waals surface area (Å²) in [6.45, 7) is 21.0. The molecule has 0 atom stereocenters. The van der Waals surface area contributed by atoms with Crippen LogP contribution in [-0.2, 0) is 70.0 Å². The van der Waals surface area contributed by atoms with Gasteiger partial charge in [0.05, 0.1) is 188 Å². The van der Waals surface area contributed by atoms with Crippen molar-refractivity contribution in [2.75, 3.05) is 207 Å². The SMILES string of the molecule is Cc1nc(Nc2ncc(C(=O)Nc3c(C)cccc3Cl)s2)cc(N2CCN(CCOCc3cn(CCOCCOCCOCCOCCOCCOCCOCCOCCOCCOCCOCCN)nn3)CC2)n1. The first kappa shape index (κ1) is 61.7. The van der Waals surface area contributed by atoms with E-state index in [1.165, 1.54) is 17.5 Å². The number of ether oxygens (including phenoxy) is 12.